The first-order valence-electron chi connectivity index (χ1n) is 10.3. The Bertz CT molecular complexity index is 1120. The number of halogens is 3. The summed E-state index contributed by atoms with van der Waals surface area (Å²) in [6.07, 6.45) is 7.26. The highest BCUT2D eigenvalue weighted by molar-refractivity contribution is 5.96. The molecule has 4 nitrogen and oxygen atoms in total. The summed E-state index contributed by atoms with van der Waals surface area (Å²) in [7, 11) is 0. The zero-order valence-electron chi connectivity index (χ0n) is 16.8. The lowest BCUT2D eigenvalue weighted by Crippen LogP contribution is -2.27. The van der Waals surface area contributed by atoms with Gasteiger partial charge in [-0.3, -0.25) is 9.78 Å². The van der Waals surface area contributed by atoms with Crippen molar-refractivity contribution in [2.75, 3.05) is 0 Å². The molecule has 1 aromatic carbocycles. The van der Waals surface area contributed by atoms with Gasteiger partial charge in [0.05, 0.1) is 0 Å². The molecular weight excluding hydrogens is 403 g/mol. The summed E-state index contributed by atoms with van der Waals surface area (Å²) in [6.45, 7) is 0. The van der Waals surface area contributed by atoms with Gasteiger partial charge in [-0.25, -0.2) is 18.2 Å². The van der Waals surface area contributed by atoms with Gasteiger partial charge < -0.3 is 5.73 Å². The molecule has 0 bridgehead atoms. The Morgan fingerprint density at radius 3 is 2.71 bits per heavy atom. The van der Waals surface area contributed by atoms with E-state index in [1.54, 1.807) is 12.4 Å². The molecule has 0 amide bonds. The zero-order valence-corrected chi connectivity index (χ0v) is 16.8. The van der Waals surface area contributed by atoms with Crippen molar-refractivity contribution in [3.63, 3.8) is 0 Å². The average Bonchev–Trinajstić information content (AvgIpc) is 2.76. The van der Waals surface area contributed by atoms with Crippen molar-refractivity contribution >= 4 is 5.78 Å². The van der Waals surface area contributed by atoms with Crippen molar-refractivity contribution < 1.29 is 18.0 Å². The minimum absolute atomic E-state index is 0.0183. The van der Waals surface area contributed by atoms with E-state index < -0.39 is 23.1 Å². The van der Waals surface area contributed by atoms with Crippen LogP contribution in [0.25, 0.3) is 11.3 Å². The Labute approximate surface area is 178 Å². The molecule has 0 radical (unpaired) electrons. The Morgan fingerprint density at radius 2 is 1.90 bits per heavy atom. The fraction of sp³-hybridized carbons (Fsp3) is 0.292. The van der Waals surface area contributed by atoms with Crippen LogP contribution in [0.2, 0.25) is 0 Å². The van der Waals surface area contributed by atoms with Gasteiger partial charge in [0.15, 0.2) is 17.4 Å². The van der Waals surface area contributed by atoms with Gasteiger partial charge in [0.2, 0.25) is 0 Å². The number of ketones is 1. The van der Waals surface area contributed by atoms with Crippen molar-refractivity contribution in [2.45, 2.75) is 44.1 Å². The van der Waals surface area contributed by atoms with Crippen LogP contribution in [-0.2, 0) is 6.42 Å². The Morgan fingerprint density at radius 1 is 1.06 bits per heavy atom. The molecule has 0 aliphatic heterocycles. The highest BCUT2D eigenvalue weighted by atomic mass is 19.2. The van der Waals surface area contributed by atoms with Gasteiger partial charge in [0.1, 0.15) is 17.2 Å². The maximum absolute atomic E-state index is 14.3. The second-order valence-electron chi connectivity index (χ2n) is 7.93. The van der Waals surface area contributed by atoms with E-state index in [4.69, 9.17) is 5.73 Å². The molecule has 0 spiro atoms. The van der Waals surface area contributed by atoms with Crippen LogP contribution in [0.4, 0.5) is 13.2 Å². The largest absolute Gasteiger partial charge is 0.328 e. The van der Waals surface area contributed by atoms with Crippen LogP contribution in [0.1, 0.15) is 53.2 Å². The number of nitrogens with zero attached hydrogens (tertiary/aromatic N) is 2. The fourth-order valence-corrected chi connectivity index (χ4v) is 4.23. The summed E-state index contributed by atoms with van der Waals surface area (Å²) in [5.74, 6) is -3.25. The highest BCUT2D eigenvalue weighted by Crippen LogP contribution is 2.34. The number of nitrogens with two attached hydrogens (primary N) is 1. The summed E-state index contributed by atoms with van der Waals surface area (Å²) >= 11 is 0. The first-order valence-corrected chi connectivity index (χ1v) is 10.3. The van der Waals surface area contributed by atoms with Gasteiger partial charge in [0.25, 0.3) is 0 Å². The summed E-state index contributed by atoms with van der Waals surface area (Å²) < 4.78 is 42.1. The summed E-state index contributed by atoms with van der Waals surface area (Å²) in [5.41, 5.74) is 7.20. The molecule has 1 aliphatic carbocycles. The zero-order chi connectivity index (χ0) is 22.0. The van der Waals surface area contributed by atoms with Crippen LogP contribution in [0.5, 0.6) is 0 Å². The van der Waals surface area contributed by atoms with Crippen molar-refractivity contribution in [1.82, 2.24) is 9.97 Å². The summed E-state index contributed by atoms with van der Waals surface area (Å²) in [6, 6.07) is 7.78. The molecule has 2 aromatic heterocycles. The number of pyridine rings is 2. The maximum Gasteiger partial charge on any atom is 0.185 e. The van der Waals surface area contributed by atoms with Gasteiger partial charge in [-0.05, 0) is 66.6 Å². The Balaban J connectivity index is 1.63. The molecule has 2 atom stereocenters. The first kappa shape index (κ1) is 21.2. The number of hydrogen-bond acceptors (Lipinski definition) is 4. The Kier molecular flexibility index (Phi) is 6.13. The van der Waals surface area contributed by atoms with Gasteiger partial charge in [0, 0.05) is 30.4 Å². The van der Waals surface area contributed by atoms with Crippen molar-refractivity contribution in [3.8, 4) is 11.3 Å². The lowest BCUT2D eigenvalue weighted by molar-refractivity contribution is 0.0987. The second-order valence-corrected chi connectivity index (χ2v) is 7.93. The molecular formula is C24H22F3N3O. The molecule has 1 aliphatic rings. The van der Waals surface area contributed by atoms with Gasteiger partial charge in [-0.15, -0.1) is 0 Å². The van der Waals surface area contributed by atoms with Gasteiger partial charge in [-0.2, -0.15) is 0 Å². The predicted octanol–water partition coefficient (Wildman–Crippen LogP) is 4.97. The maximum atomic E-state index is 14.3. The van der Waals surface area contributed by atoms with E-state index in [9.17, 15) is 18.0 Å². The van der Waals surface area contributed by atoms with Crippen molar-refractivity contribution in [1.29, 1.82) is 0 Å². The third-order valence-corrected chi connectivity index (χ3v) is 5.79. The predicted molar refractivity (Wildman–Crippen MR) is 111 cm³/mol. The topological polar surface area (TPSA) is 68.9 Å². The smallest absolute Gasteiger partial charge is 0.185 e. The van der Waals surface area contributed by atoms with Crippen LogP contribution in [0, 0.1) is 17.5 Å². The molecule has 0 saturated heterocycles. The van der Waals surface area contributed by atoms with E-state index in [0.29, 0.717) is 0 Å². The van der Waals surface area contributed by atoms with E-state index in [1.165, 1.54) is 18.2 Å². The number of carbonyl (C=O) groups is 1. The Hall–Kier alpha value is -3.06. The third kappa shape index (κ3) is 4.51. The van der Waals surface area contributed by atoms with Crippen LogP contribution in [0.3, 0.4) is 0 Å². The molecule has 1 saturated carbocycles. The number of aromatic nitrogens is 2. The lowest BCUT2D eigenvalue weighted by Gasteiger charge is -2.28. The SMILES string of the molecule is N[C@H]1CCC[C@@H](c2ccncc2CC(=O)c2ccc(F)c(-c3cccc(F)c3F)n2)C1. The van der Waals surface area contributed by atoms with Crippen molar-refractivity contribution in [3.05, 3.63) is 83.1 Å². The number of rotatable bonds is 5. The monoisotopic (exact) mass is 425 g/mol. The van der Waals surface area contributed by atoms with Crippen LogP contribution in [0.15, 0.2) is 48.8 Å². The highest BCUT2D eigenvalue weighted by Gasteiger charge is 2.24. The third-order valence-electron chi connectivity index (χ3n) is 5.79. The molecule has 1 fully saturated rings. The van der Waals surface area contributed by atoms with E-state index in [-0.39, 0.29) is 35.4 Å². The van der Waals surface area contributed by atoms with Crippen LogP contribution in [-0.4, -0.2) is 21.8 Å². The molecule has 7 heteroatoms. The van der Waals surface area contributed by atoms with Crippen LogP contribution >= 0.6 is 0 Å². The summed E-state index contributed by atoms with van der Waals surface area (Å²) in [5, 5.41) is 0. The molecule has 3 aromatic rings. The minimum Gasteiger partial charge on any atom is -0.328 e. The fourth-order valence-electron chi connectivity index (χ4n) is 4.23. The molecule has 160 valence electrons. The number of benzene rings is 1. The number of hydrogen-bond donors (Lipinski definition) is 1. The van der Waals surface area contributed by atoms with Gasteiger partial charge >= 0.3 is 0 Å². The lowest BCUT2D eigenvalue weighted by atomic mass is 9.80. The van der Waals surface area contributed by atoms with E-state index in [1.807, 2.05) is 6.07 Å². The minimum atomic E-state index is -1.21. The molecule has 2 heterocycles. The number of carbonyl (C=O) groups excluding carboxylic acids is 1. The average molecular weight is 425 g/mol. The molecule has 31 heavy (non-hydrogen) atoms. The first-order chi connectivity index (χ1) is 14.9. The van der Waals surface area contributed by atoms with Crippen molar-refractivity contribution in [2.24, 2.45) is 5.73 Å². The van der Waals surface area contributed by atoms with E-state index >= 15 is 0 Å². The van der Waals surface area contributed by atoms with E-state index in [0.717, 1.165) is 48.9 Å². The standard InChI is InChI=1S/C24H22F3N3O/c25-19-6-2-5-18(23(19)27)24-20(26)7-8-21(30-24)22(31)12-15-13-29-10-9-17(15)14-3-1-4-16(28)11-14/h2,5-10,13-14,16H,1,3-4,11-12,28H2/t14-,16+/m1/s1. The quantitative estimate of drug-likeness (QED) is 0.586. The number of Topliss-reactive ketones (excluding diaryl/α,β-unsaturated/α-hetero) is 1. The molecule has 0 unspecified atom stereocenters. The second kappa shape index (κ2) is 8.98. The summed E-state index contributed by atoms with van der Waals surface area (Å²) in [4.78, 5) is 21.1. The molecule has 4 rings (SSSR count). The molecule has 2 N–H and O–H groups in total. The van der Waals surface area contributed by atoms with E-state index in [2.05, 4.69) is 9.97 Å². The van der Waals surface area contributed by atoms with Gasteiger partial charge in [-0.1, -0.05) is 12.5 Å². The van der Waals surface area contributed by atoms with Crippen LogP contribution < -0.4 is 5.73 Å². The normalized spacial score (nSPS) is 18.7.